The number of aromatic nitrogens is 2. The zero-order chi connectivity index (χ0) is 11.5. The van der Waals surface area contributed by atoms with Crippen molar-refractivity contribution in [3.8, 4) is 0 Å². The van der Waals surface area contributed by atoms with Crippen LogP contribution < -0.4 is 5.32 Å². The van der Waals surface area contributed by atoms with E-state index in [1.54, 1.807) is 0 Å². The molecule has 0 bridgehead atoms. The van der Waals surface area contributed by atoms with Crippen molar-refractivity contribution in [1.29, 1.82) is 0 Å². The second-order valence-electron chi connectivity index (χ2n) is 4.30. The Balaban J connectivity index is 1.79. The topological polar surface area (TPSA) is 37.8 Å². The van der Waals surface area contributed by atoms with Crippen molar-refractivity contribution in [1.82, 2.24) is 10.2 Å². The first-order chi connectivity index (χ1) is 8.43. The Hall–Kier alpha value is -1.29. The van der Waals surface area contributed by atoms with E-state index < -0.39 is 0 Å². The summed E-state index contributed by atoms with van der Waals surface area (Å²) in [5.41, 5.74) is 0. The van der Waals surface area contributed by atoms with E-state index in [9.17, 15) is 0 Å². The van der Waals surface area contributed by atoms with E-state index in [-0.39, 0.29) is 0 Å². The number of hydrogen-bond acceptors (Lipinski definition) is 4. The molecule has 1 saturated heterocycles. The lowest BCUT2D eigenvalue weighted by Crippen LogP contribution is -2.14. The molecule has 0 spiro atoms. The Labute approximate surface area is 105 Å². The Bertz CT molecular complexity index is 503. The zero-order valence-corrected chi connectivity index (χ0v) is 10.4. The summed E-state index contributed by atoms with van der Waals surface area (Å²) in [6, 6.07) is 8.23. The largest absolute Gasteiger partial charge is 0.367 e. The van der Waals surface area contributed by atoms with Crippen LogP contribution in [0, 0.1) is 0 Å². The smallest absolute Gasteiger partial charge is 0.156 e. The molecule has 17 heavy (non-hydrogen) atoms. The first kappa shape index (κ1) is 10.8. The van der Waals surface area contributed by atoms with Gasteiger partial charge < -0.3 is 5.32 Å². The van der Waals surface area contributed by atoms with Crippen LogP contribution in [0.2, 0.25) is 0 Å². The number of nitrogens with one attached hydrogen (secondary N) is 1. The van der Waals surface area contributed by atoms with Gasteiger partial charge in [0.1, 0.15) is 0 Å². The number of anilines is 1. The van der Waals surface area contributed by atoms with Gasteiger partial charge in [0.05, 0.1) is 6.20 Å². The van der Waals surface area contributed by atoms with Crippen molar-refractivity contribution in [2.24, 2.45) is 0 Å². The van der Waals surface area contributed by atoms with Gasteiger partial charge in [0.25, 0.3) is 0 Å². The summed E-state index contributed by atoms with van der Waals surface area (Å²) in [5, 5.41) is 14.7. The summed E-state index contributed by atoms with van der Waals surface area (Å²) in [4.78, 5) is 0. The minimum Gasteiger partial charge on any atom is -0.367 e. The molecule has 1 N–H and O–H groups in total. The van der Waals surface area contributed by atoms with Crippen LogP contribution in [-0.2, 0) is 0 Å². The average Bonchev–Trinajstić information content (AvgIpc) is 2.89. The monoisotopic (exact) mass is 245 g/mol. The standard InChI is InChI=1S/C13H15N3S/c1-2-6-12-10(4-1)8-15-16-13(12)14-9-11-5-3-7-17-11/h1-2,4,6,8,11H,3,5,7,9H2,(H,14,16). The number of rotatable bonds is 3. The van der Waals surface area contributed by atoms with Crippen molar-refractivity contribution in [3.63, 3.8) is 0 Å². The second-order valence-corrected chi connectivity index (χ2v) is 5.70. The minimum atomic E-state index is 0.732. The quantitative estimate of drug-likeness (QED) is 0.902. The lowest BCUT2D eigenvalue weighted by molar-refractivity contribution is 0.802. The maximum atomic E-state index is 4.20. The molecular weight excluding hydrogens is 230 g/mol. The zero-order valence-electron chi connectivity index (χ0n) is 9.60. The molecule has 1 aromatic heterocycles. The van der Waals surface area contributed by atoms with E-state index in [0.29, 0.717) is 0 Å². The highest BCUT2D eigenvalue weighted by molar-refractivity contribution is 8.00. The molecular formula is C13H15N3S. The molecule has 0 radical (unpaired) electrons. The second kappa shape index (κ2) is 4.92. The predicted octanol–water partition coefficient (Wildman–Crippen LogP) is 2.94. The van der Waals surface area contributed by atoms with Crippen LogP contribution in [0.4, 0.5) is 5.82 Å². The summed E-state index contributed by atoms with van der Waals surface area (Å²) < 4.78 is 0. The van der Waals surface area contributed by atoms with Crippen molar-refractivity contribution < 1.29 is 0 Å². The molecule has 4 heteroatoms. The van der Waals surface area contributed by atoms with Gasteiger partial charge >= 0.3 is 0 Å². The van der Waals surface area contributed by atoms with Crippen LogP contribution in [0.25, 0.3) is 10.8 Å². The summed E-state index contributed by atoms with van der Waals surface area (Å²) in [6.07, 6.45) is 4.47. The van der Waals surface area contributed by atoms with Gasteiger partial charge in [0.15, 0.2) is 5.82 Å². The van der Waals surface area contributed by atoms with E-state index in [1.165, 1.54) is 18.6 Å². The van der Waals surface area contributed by atoms with Gasteiger partial charge in [-0.05, 0) is 18.6 Å². The first-order valence-corrected chi connectivity index (χ1v) is 7.04. The molecule has 1 atom stereocenters. The van der Waals surface area contributed by atoms with E-state index in [0.717, 1.165) is 28.4 Å². The van der Waals surface area contributed by atoms with E-state index in [2.05, 4.69) is 39.4 Å². The number of benzene rings is 1. The average molecular weight is 245 g/mol. The van der Waals surface area contributed by atoms with E-state index in [1.807, 2.05) is 18.3 Å². The van der Waals surface area contributed by atoms with Gasteiger partial charge in [-0.2, -0.15) is 16.9 Å². The lowest BCUT2D eigenvalue weighted by atomic mass is 10.2. The fraction of sp³-hybridized carbons (Fsp3) is 0.385. The fourth-order valence-corrected chi connectivity index (χ4v) is 3.38. The molecule has 1 aliphatic heterocycles. The summed E-state index contributed by atoms with van der Waals surface area (Å²) in [5.74, 6) is 2.21. The third-order valence-electron chi connectivity index (χ3n) is 3.09. The lowest BCUT2D eigenvalue weighted by Gasteiger charge is -2.11. The molecule has 3 rings (SSSR count). The van der Waals surface area contributed by atoms with Crippen LogP contribution in [0.3, 0.4) is 0 Å². The first-order valence-electron chi connectivity index (χ1n) is 5.99. The summed E-state index contributed by atoms with van der Waals surface area (Å²) in [6.45, 7) is 0.993. The molecule has 2 aromatic rings. The highest BCUT2D eigenvalue weighted by atomic mass is 32.2. The highest BCUT2D eigenvalue weighted by Gasteiger charge is 2.15. The predicted molar refractivity (Wildman–Crippen MR) is 73.5 cm³/mol. The molecule has 0 aliphatic carbocycles. The molecule has 0 saturated carbocycles. The molecule has 3 nitrogen and oxygen atoms in total. The Kier molecular flexibility index (Phi) is 3.14. The Morgan fingerprint density at radius 3 is 3.18 bits per heavy atom. The normalized spacial score (nSPS) is 19.6. The molecule has 1 aromatic carbocycles. The van der Waals surface area contributed by atoms with Crippen LogP contribution in [0.5, 0.6) is 0 Å². The van der Waals surface area contributed by atoms with Crippen molar-refractivity contribution in [2.45, 2.75) is 18.1 Å². The summed E-state index contributed by atoms with van der Waals surface area (Å²) in [7, 11) is 0. The van der Waals surface area contributed by atoms with Gasteiger partial charge in [-0.25, -0.2) is 0 Å². The summed E-state index contributed by atoms with van der Waals surface area (Å²) >= 11 is 2.06. The third-order valence-corrected chi connectivity index (χ3v) is 4.49. The maximum absolute atomic E-state index is 4.20. The molecule has 1 fully saturated rings. The van der Waals surface area contributed by atoms with Gasteiger partial charge in [-0.1, -0.05) is 24.3 Å². The van der Waals surface area contributed by atoms with Crippen LogP contribution in [0.1, 0.15) is 12.8 Å². The molecule has 1 aliphatic rings. The van der Waals surface area contributed by atoms with Gasteiger partial charge in [0.2, 0.25) is 0 Å². The number of fused-ring (bicyclic) bond motifs is 1. The molecule has 1 unspecified atom stereocenters. The van der Waals surface area contributed by atoms with E-state index >= 15 is 0 Å². The Morgan fingerprint density at radius 1 is 1.35 bits per heavy atom. The molecule has 88 valence electrons. The SMILES string of the molecule is c1ccc2c(NCC3CCCS3)nncc2c1. The van der Waals surface area contributed by atoms with Gasteiger partial charge in [0, 0.05) is 22.6 Å². The van der Waals surface area contributed by atoms with E-state index in [4.69, 9.17) is 0 Å². The number of thioether (sulfide) groups is 1. The van der Waals surface area contributed by atoms with Crippen LogP contribution in [-0.4, -0.2) is 27.7 Å². The van der Waals surface area contributed by atoms with Crippen molar-refractivity contribution >= 4 is 28.4 Å². The third kappa shape index (κ3) is 2.36. The van der Waals surface area contributed by atoms with Gasteiger partial charge in [-0.15, -0.1) is 5.10 Å². The van der Waals surface area contributed by atoms with Crippen molar-refractivity contribution in [3.05, 3.63) is 30.5 Å². The molecule has 0 amide bonds. The van der Waals surface area contributed by atoms with Gasteiger partial charge in [-0.3, -0.25) is 0 Å². The van der Waals surface area contributed by atoms with Crippen molar-refractivity contribution in [2.75, 3.05) is 17.6 Å². The molecule has 2 heterocycles. The van der Waals surface area contributed by atoms with Crippen LogP contribution in [0.15, 0.2) is 30.5 Å². The highest BCUT2D eigenvalue weighted by Crippen LogP contribution is 2.27. The Morgan fingerprint density at radius 2 is 2.29 bits per heavy atom. The maximum Gasteiger partial charge on any atom is 0.156 e. The van der Waals surface area contributed by atoms with Crippen LogP contribution >= 0.6 is 11.8 Å². The fourth-order valence-electron chi connectivity index (χ4n) is 2.17. The number of hydrogen-bond donors (Lipinski definition) is 1. The number of nitrogens with zero attached hydrogens (tertiary/aromatic N) is 2. The minimum absolute atomic E-state index is 0.732.